The van der Waals surface area contributed by atoms with Gasteiger partial charge in [-0.15, -0.1) is 0 Å². The van der Waals surface area contributed by atoms with E-state index in [1.807, 2.05) is 45.0 Å². The number of esters is 1. The van der Waals surface area contributed by atoms with Crippen molar-refractivity contribution in [3.8, 4) is 0 Å². The number of amides is 1. The number of hydrogen-bond acceptors (Lipinski definition) is 3. The molecule has 1 aromatic carbocycles. The number of carbonyl (C=O) groups excluding carboxylic acids is 2. The van der Waals surface area contributed by atoms with Crippen LogP contribution in [0, 0.1) is 0 Å². The predicted molar refractivity (Wildman–Crippen MR) is 82.0 cm³/mol. The zero-order chi connectivity index (χ0) is 15.2. The van der Waals surface area contributed by atoms with Crippen LogP contribution in [0.5, 0.6) is 0 Å². The van der Waals surface area contributed by atoms with Crippen molar-refractivity contribution in [3.63, 3.8) is 0 Å². The van der Waals surface area contributed by atoms with Gasteiger partial charge in [0.15, 0.2) is 6.61 Å². The Morgan fingerprint density at radius 3 is 2.65 bits per heavy atom. The van der Waals surface area contributed by atoms with Crippen molar-refractivity contribution in [3.05, 3.63) is 40.4 Å². The fraction of sp³-hybridized carbons (Fsp3) is 0.333. The third kappa shape index (κ3) is 7.09. The molecule has 0 unspecified atom stereocenters. The van der Waals surface area contributed by atoms with Gasteiger partial charge in [0.1, 0.15) is 0 Å². The van der Waals surface area contributed by atoms with E-state index in [1.165, 1.54) is 6.08 Å². The van der Waals surface area contributed by atoms with Crippen LogP contribution in [-0.4, -0.2) is 24.0 Å². The molecule has 5 heteroatoms. The van der Waals surface area contributed by atoms with E-state index in [-0.39, 0.29) is 18.1 Å². The largest absolute Gasteiger partial charge is 0.452 e. The van der Waals surface area contributed by atoms with Crippen LogP contribution in [-0.2, 0) is 14.3 Å². The van der Waals surface area contributed by atoms with Crippen LogP contribution in [0.15, 0.2) is 34.8 Å². The summed E-state index contributed by atoms with van der Waals surface area (Å²) in [5.74, 6) is -0.865. The van der Waals surface area contributed by atoms with Crippen LogP contribution in [0.1, 0.15) is 26.3 Å². The van der Waals surface area contributed by atoms with E-state index < -0.39 is 5.97 Å². The van der Waals surface area contributed by atoms with E-state index in [2.05, 4.69) is 21.2 Å². The molecule has 1 amide bonds. The summed E-state index contributed by atoms with van der Waals surface area (Å²) in [4.78, 5) is 22.9. The average Bonchev–Trinajstić information content (AvgIpc) is 2.32. The second-order valence-corrected chi connectivity index (χ2v) is 6.21. The second kappa shape index (κ2) is 7.24. The van der Waals surface area contributed by atoms with Crippen molar-refractivity contribution in [2.45, 2.75) is 26.3 Å². The van der Waals surface area contributed by atoms with Gasteiger partial charge >= 0.3 is 5.97 Å². The van der Waals surface area contributed by atoms with E-state index in [0.717, 1.165) is 10.0 Å². The van der Waals surface area contributed by atoms with Gasteiger partial charge in [-0.2, -0.15) is 0 Å². The average molecular weight is 340 g/mol. The number of hydrogen-bond donors (Lipinski definition) is 1. The molecule has 0 aliphatic rings. The molecule has 0 saturated heterocycles. The zero-order valence-electron chi connectivity index (χ0n) is 11.8. The lowest BCUT2D eigenvalue weighted by molar-refractivity contribution is -0.144. The van der Waals surface area contributed by atoms with Gasteiger partial charge in [-0.25, -0.2) is 4.79 Å². The van der Waals surface area contributed by atoms with E-state index in [9.17, 15) is 9.59 Å². The lowest BCUT2D eigenvalue weighted by atomic mass is 10.1. The van der Waals surface area contributed by atoms with Crippen LogP contribution < -0.4 is 5.32 Å². The van der Waals surface area contributed by atoms with Gasteiger partial charge in [-0.1, -0.05) is 28.1 Å². The van der Waals surface area contributed by atoms with E-state index in [4.69, 9.17) is 4.74 Å². The highest BCUT2D eigenvalue weighted by Gasteiger charge is 2.14. The van der Waals surface area contributed by atoms with Crippen LogP contribution in [0.25, 0.3) is 6.08 Å². The molecule has 0 spiro atoms. The molecule has 0 heterocycles. The number of halogens is 1. The molecule has 0 saturated carbocycles. The maximum atomic E-state index is 11.5. The highest BCUT2D eigenvalue weighted by atomic mass is 79.9. The van der Waals surface area contributed by atoms with Crippen LogP contribution in [0.2, 0.25) is 0 Å². The zero-order valence-corrected chi connectivity index (χ0v) is 13.4. The molecule has 0 atom stereocenters. The minimum absolute atomic E-state index is 0.279. The van der Waals surface area contributed by atoms with Crippen molar-refractivity contribution < 1.29 is 14.3 Å². The molecule has 4 nitrogen and oxygen atoms in total. The molecule has 108 valence electrons. The number of nitrogens with one attached hydrogen (secondary N) is 1. The first-order valence-electron chi connectivity index (χ1n) is 6.18. The lowest BCUT2D eigenvalue weighted by Gasteiger charge is -2.20. The predicted octanol–water partition coefficient (Wildman–Crippen LogP) is 2.92. The molecular formula is C15H18BrNO3. The van der Waals surface area contributed by atoms with Crippen molar-refractivity contribution in [1.82, 2.24) is 5.32 Å². The summed E-state index contributed by atoms with van der Waals surface area (Å²) in [5, 5.41) is 2.71. The molecule has 1 N–H and O–H groups in total. The first-order valence-corrected chi connectivity index (χ1v) is 6.97. The fourth-order valence-electron chi connectivity index (χ4n) is 1.41. The molecule has 0 aliphatic carbocycles. The summed E-state index contributed by atoms with van der Waals surface area (Å²) in [6, 6.07) is 7.50. The SMILES string of the molecule is CC(C)(C)NC(=O)COC(=O)/C=C/c1cccc(Br)c1. The summed E-state index contributed by atoms with van der Waals surface area (Å²) in [5.41, 5.74) is 0.533. The number of carbonyl (C=O) groups is 2. The van der Waals surface area contributed by atoms with E-state index in [1.54, 1.807) is 6.08 Å². The second-order valence-electron chi connectivity index (χ2n) is 5.29. The Balaban J connectivity index is 2.42. The lowest BCUT2D eigenvalue weighted by Crippen LogP contribution is -2.42. The molecule has 0 bridgehead atoms. The maximum Gasteiger partial charge on any atom is 0.331 e. The summed E-state index contributed by atoms with van der Waals surface area (Å²) in [7, 11) is 0. The molecule has 0 radical (unpaired) electrons. The quantitative estimate of drug-likeness (QED) is 0.677. The Kier molecular flexibility index (Phi) is 5.95. The standard InChI is InChI=1S/C15H18BrNO3/c1-15(2,3)17-13(18)10-20-14(19)8-7-11-5-4-6-12(16)9-11/h4-9H,10H2,1-3H3,(H,17,18)/b8-7+. The van der Waals surface area contributed by atoms with Gasteiger partial charge in [0.25, 0.3) is 5.91 Å². The van der Waals surface area contributed by atoms with Gasteiger partial charge in [-0.05, 0) is 44.5 Å². The summed E-state index contributed by atoms with van der Waals surface area (Å²) < 4.78 is 5.78. The first-order chi connectivity index (χ1) is 9.26. The maximum absolute atomic E-state index is 11.5. The first kappa shape index (κ1) is 16.4. The smallest absolute Gasteiger partial charge is 0.331 e. The third-order valence-corrected chi connectivity index (χ3v) is 2.61. The van der Waals surface area contributed by atoms with Crippen molar-refractivity contribution in [2.75, 3.05) is 6.61 Å². The Hall–Kier alpha value is -1.62. The normalized spacial score (nSPS) is 11.4. The minimum Gasteiger partial charge on any atom is -0.452 e. The fourth-order valence-corrected chi connectivity index (χ4v) is 1.83. The highest BCUT2D eigenvalue weighted by Crippen LogP contribution is 2.12. The van der Waals surface area contributed by atoms with E-state index >= 15 is 0 Å². The van der Waals surface area contributed by atoms with Crippen molar-refractivity contribution >= 4 is 33.9 Å². The van der Waals surface area contributed by atoms with Crippen molar-refractivity contribution in [2.24, 2.45) is 0 Å². The monoisotopic (exact) mass is 339 g/mol. The Bertz CT molecular complexity index is 518. The van der Waals surface area contributed by atoms with Crippen molar-refractivity contribution in [1.29, 1.82) is 0 Å². The molecule has 0 aromatic heterocycles. The Labute approximate surface area is 127 Å². The number of ether oxygens (including phenoxy) is 1. The molecule has 1 aromatic rings. The number of rotatable bonds is 4. The summed E-state index contributed by atoms with van der Waals surface area (Å²) in [6.45, 7) is 5.30. The van der Waals surface area contributed by atoms with Crippen LogP contribution >= 0.6 is 15.9 Å². The Morgan fingerprint density at radius 2 is 2.05 bits per heavy atom. The molecule has 1 rings (SSSR count). The van der Waals surface area contributed by atoms with Gasteiger partial charge < -0.3 is 10.1 Å². The number of benzene rings is 1. The van der Waals surface area contributed by atoms with Gasteiger partial charge in [-0.3, -0.25) is 4.79 Å². The summed E-state index contributed by atoms with van der Waals surface area (Å²) >= 11 is 3.34. The molecule has 20 heavy (non-hydrogen) atoms. The molecule has 0 fully saturated rings. The topological polar surface area (TPSA) is 55.4 Å². The third-order valence-electron chi connectivity index (χ3n) is 2.12. The Morgan fingerprint density at radius 1 is 1.35 bits per heavy atom. The van der Waals surface area contributed by atoms with Gasteiger partial charge in [0.2, 0.25) is 0 Å². The molecular weight excluding hydrogens is 322 g/mol. The van der Waals surface area contributed by atoms with Crippen LogP contribution in [0.3, 0.4) is 0 Å². The highest BCUT2D eigenvalue weighted by molar-refractivity contribution is 9.10. The summed E-state index contributed by atoms with van der Waals surface area (Å²) in [6.07, 6.45) is 2.93. The van der Waals surface area contributed by atoms with Crippen LogP contribution in [0.4, 0.5) is 0 Å². The van der Waals surface area contributed by atoms with E-state index in [0.29, 0.717) is 0 Å². The van der Waals surface area contributed by atoms with Gasteiger partial charge in [0, 0.05) is 16.1 Å². The molecule has 0 aliphatic heterocycles. The minimum atomic E-state index is -0.547. The van der Waals surface area contributed by atoms with Gasteiger partial charge in [0.05, 0.1) is 0 Å².